The van der Waals surface area contributed by atoms with Crippen molar-refractivity contribution in [2.75, 3.05) is 53.3 Å². The van der Waals surface area contributed by atoms with Crippen LogP contribution < -0.4 is 33.4 Å². The maximum Gasteiger partial charge on any atom is 0.231 e. The Balaban J connectivity index is 1.42. The van der Waals surface area contributed by atoms with Crippen molar-refractivity contribution < 1.29 is 42.8 Å². The van der Waals surface area contributed by atoms with Crippen LogP contribution in [0, 0.1) is 11.8 Å². The van der Waals surface area contributed by atoms with Crippen molar-refractivity contribution in [3.05, 3.63) is 65.2 Å². The normalized spacial score (nSPS) is 21.1. The fraction of sp³-hybridized carbons (Fsp3) is 0.353. The topological polar surface area (TPSA) is 125 Å². The molecule has 1 aliphatic carbocycles. The molecular weight excluding hydrogens is 594 g/mol. The molecule has 1 saturated heterocycles. The number of nitrogens with zero attached hydrogens (tertiary/aromatic N) is 3. The zero-order valence-corrected chi connectivity index (χ0v) is 25.9. The van der Waals surface area contributed by atoms with Crippen molar-refractivity contribution in [3.63, 3.8) is 0 Å². The number of benzene rings is 3. The van der Waals surface area contributed by atoms with E-state index in [4.69, 9.17) is 33.5 Å². The highest BCUT2D eigenvalue weighted by molar-refractivity contribution is 6.11. The SMILES string of the molecule is COc1ccc(N2C[C@@H]3C(=N2)c2cc4c(cc2[C@@H](c2cc(OC)c(OC)c(OC)c2)[C@H]3C(=O)CN2C(=O)CCC2=O)OCO4)cc1. The Bertz CT molecular complexity index is 1730. The molecule has 0 bridgehead atoms. The molecule has 0 radical (unpaired) electrons. The zero-order chi connectivity index (χ0) is 32.1. The molecule has 3 atom stereocenters. The first-order valence-corrected chi connectivity index (χ1v) is 14.9. The number of hydrogen-bond donors (Lipinski definition) is 0. The third-order valence-corrected chi connectivity index (χ3v) is 9.15. The van der Waals surface area contributed by atoms with E-state index in [1.165, 1.54) is 21.3 Å². The van der Waals surface area contributed by atoms with Gasteiger partial charge in [0.1, 0.15) is 5.75 Å². The van der Waals surface area contributed by atoms with Crippen LogP contribution in [-0.4, -0.2) is 76.5 Å². The van der Waals surface area contributed by atoms with E-state index < -0.39 is 17.8 Å². The van der Waals surface area contributed by atoms with E-state index in [0.29, 0.717) is 46.8 Å². The van der Waals surface area contributed by atoms with Crippen molar-refractivity contribution in [1.29, 1.82) is 0 Å². The monoisotopic (exact) mass is 627 g/mol. The van der Waals surface area contributed by atoms with E-state index in [1.54, 1.807) is 7.11 Å². The van der Waals surface area contributed by atoms with Crippen LogP contribution >= 0.6 is 0 Å². The van der Waals surface area contributed by atoms with Crippen LogP contribution in [0.2, 0.25) is 0 Å². The third kappa shape index (κ3) is 4.75. The van der Waals surface area contributed by atoms with E-state index in [-0.39, 0.29) is 43.8 Å². The predicted octanol–water partition coefficient (Wildman–Crippen LogP) is 3.77. The molecule has 12 heteroatoms. The molecule has 0 saturated carbocycles. The molecule has 4 aliphatic rings. The zero-order valence-electron chi connectivity index (χ0n) is 25.9. The van der Waals surface area contributed by atoms with Gasteiger partial charge in [-0.2, -0.15) is 5.10 Å². The van der Waals surface area contributed by atoms with Crippen molar-refractivity contribution in [1.82, 2.24) is 4.90 Å². The summed E-state index contributed by atoms with van der Waals surface area (Å²) in [6.07, 6.45) is 0.196. The van der Waals surface area contributed by atoms with Crippen molar-refractivity contribution in [2.24, 2.45) is 16.9 Å². The number of ether oxygens (including phenoxy) is 6. The average Bonchev–Trinajstić information content (AvgIpc) is 3.81. The molecule has 0 unspecified atom stereocenters. The van der Waals surface area contributed by atoms with E-state index in [1.807, 2.05) is 53.5 Å². The van der Waals surface area contributed by atoms with Gasteiger partial charge in [0.25, 0.3) is 0 Å². The van der Waals surface area contributed by atoms with Crippen LogP contribution in [-0.2, 0) is 14.4 Å². The van der Waals surface area contributed by atoms with Gasteiger partial charge >= 0.3 is 0 Å². The van der Waals surface area contributed by atoms with Crippen molar-refractivity contribution in [3.8, 4) is 34.5 Å². The highest BCUT2D eigenvalue weighted by Gasteiger charge is 2.50. The van der Waals surface area contributed by atoms with Crippen LogP contribution in [0.3, 0.4) is 0 Å². The molecule has 3 aromatic carbocycles. The Morgan fingerprint density at radius 1 is 0.870 bits per heavy atom. The number of Topliss-reactive ketones (excluding diaryl/α,β-unsaturated/α-hetero) is 1. The number of ketones is 1. The molecule has 12 nitrogen and oxygen atoms in total. The van der Waals surface area contributed by atoms with Gasteiger partial charge in [-0.1, -0.05) is 0 Å². The lowest BCUT2D eigenvalue weighted by Gasteiger charge is -2.38. The molecule has 7 rings (SSSR count). The molecule has 46 heavy (non-hydrogen) atoms. The van der Waals surface area contributed by atoms with Gasteiger partial charge in [0.15, 0.2) is 28.8 Å². The average molecular weight is 628 g/mol. The van der Waals surface area contributed by atoms with Crippen LogP contribution in [0.4, 0.5) is 5.69 Å². The maximum absolute atomic E-state index is 14.6. The predicted molar refractivity (Wildman–Crippen MR) is 165 cm³/mol. The van der Waals surface area contributed by atoms with E-state index >= 15 is 0 Å². The highest BCUT2D eigenvalue weighted by atomic mass is 16.7. The fourth-order valence-corrected chi connectivity index (χ4v) is 6.97. The number of imide groups is 1. The number of carbonyl (C=O) groups excluding carboxylic acids is 3. The first-order valence-electron chi connectivity index (χ1n) is 14.9. The van der Waals surface area contributed by atoms with Crippen LogP contribution in [0.5, 0.6) is 34.5 Å². The Labute approximate surface area is 265 Å². The molecule has 2 amide bonds. The highest BCUT2D eigenvalue weighted by Crippen LogP contribution is 2.52. The number of hydrogen-bond acceptors (Lipinski definition) is 11. The fourth-order valence-electron chi connectivity index (χ4n) is 6.97. The Kier molecular flexibility index (Phi) is 7.42. The number of fused-ring (bicyclic) bond motifs is 4. The maximum atomic E-state index is 14.6. The van der Waals surface area contributed by atoms with Gasteiger partial charge in [-0.05, 0) is 59.7 Å². The minimum absolute atomic E-state index is 0.0719. The number of amides is 2. The van der Waals surface area contributed by atoms with E-state index in [0.717, 1.165) is 27.3 Å². The Morgan fingerprint density at radius 3 is 2.13 bits per heavy atom. The Hall–Kier alpha value is -5.26. The lowest BCUT2D eigenvalue weighted by Crippen LogP contribution is -2.45. The largest absolute Gasteiger partial charge is 0.497 e. The molecule has 3 heterocycles. The second-order valence-corrected chi connectivity index (χ2v) is 11.5. The third-order valence-electron chi connectivity index (χ3n) is 9.15. The summed E-state index contributed by atoms with van der Waals surface area (Å²) >= 11 is 0. The van der Waals surface area contributed by atoms with Gasteiger partial charge in [0, 0.05) is 36.2 Å². The summed E-state index contributed by atoms with van der Waals surface area (Å²) in [5.41, 5.74) is 3.88. The summed E-state index contributed by atoms with van der Waals surface area (Å²) in [6.45, 7) is 0.132. The summed E-state index contributed by atoms with van der Waals surface area (Å²) in [5, 5.41) is 6.94. The molecule has 0 aromatic heterocycles. The van der Waals surface area contributed by atoms with Gasteiger partial charge in [0.05, 0.1) is 52.9 Å². The molecule has 3 aliphatic heterocycles. The summed E-state index contributed by atoms with van der Waals surface area (Å²) in [6, 6.07) is 15.0. The number of anilines is 1. The first-order chi connectivity index (χ1) is 22.3. The van der Waals surface area contributed by atoms with E-state index in [9.17, 15) is 14.4 Å². The summed E-state index contributed by atoms with van der Waals surface area (Å²) in [5.74, 6) is 0.506. The van der Waals surface area contributed by atoms with Crippen molar-refractivity contribution >= 4 is 29.0 Å². The van der Waals surface area contributed by atoms with Crippen LogP contribution in [0.25, 0.3) is 0 Å². The standard InChI is InChI=1S/C34H33N3O9/c1-41-20-7-5-19(6-8-20)37-15-23-32(24(38)16-36-29(39)9-10-30(36)40)31(18-11-27(42-2)34(44-4)28(12-18)43-3)21-13-25-26(46-17-45-25)14-22(21)33(23)35-37/h5-8,11-14,23,31-32H,9-10,15-17H2,1-4H3/t23-,31+,32+/m0/s1. The second-order valence-electron chi connectivity index (χ2n) is 11.5. The number of hydrazone groups is 1. The van der Waals surface area contributed by atoms with Crippen LogP contribution in [0.1, 0.15) is 35.4 Å². The minimum atomic E-state index is -0.723. The molecular formula is C34H33N3O9. The minimum Gasteiger partial charge on any atom is -0.497 e. The number of rotatable bonds is 9. The lowest BCUT2D eigenvalue weighted by atomic mass is 9.64. The molecule has 0 spiro atoms. The molecule has 3 aromatic rings. The lowest BCUT2D eigenvalue weighted by molar-refractivity contribution is -0.143. The molecule has 1 fully saturated rings. The smallest absolute Gasteiger partial charge is 0.231 e. The molecule has 238 valence electrons. The first kappa shape index (κ1) is 29.5. The number of methoxy groups -OCH3 is 4. The number of likely N-dealkylation sites (tertiary alicyclic amines) is 1. The summed E-state index contributed by atoms with van der Waals surface area (Å²) in [4.78, 5) is 41.0. The second kappa shape index (κ2) is 11.6. The van der Waals surface area contributed by atoms with Gasteiger partial charge in [-0.3, -0.25) is 24.3 Å². The van der Waals surface area contributed by atoms with Gasteiger partial charge in [0.2, 0.25) is 24.4 Å². The van der Waals surface area contributed by atoms with Crippen molar-refractivity contribution in [2.45, 2.75) is 18.8 Å². The van der Waals surface area contributed by atoms with Crippen LogP contribution in [0.15, 0.2) is 53.6 Å². The van der Waals surface area contributed by atoms with E-state index in [2.05, 4.69) is 0 Å². The van der Waals surface area contributed by atoms with Gasteiger partial charge < -0.3 is 28.4 Å². The Morgan fingerprint density at radius 2 is 1.52 bits per heavy atom. The number of carbonyl (C=O) groups is 3. The van der Waals surface area contributed by atoms with Gasteiger partial charge in [-0.15, -0.1) is 0 Å². The summed E-state index contributed by atoms with van der Waals surface area (Å²) < 4.78 is 33.9. The molecule has 0 N–H and O–H groups in total. The van der Waals surface area contributed by atoms with Gasteiger partial charge in [-0.25, -0.2) is 0 Å². The quantitative estimate of drug-likeness (QED) is 0.324. The summed E-state index contributed by atoms with van der Waals surface area (Å²) in [7, 11) is 6.21.